The van der Waals surface area contributed by atoms with Crippen LogP contribution in [0, 0.1) is 0 Å². The van der Waals surface area contributed by atoms with Gasteiger partial charge < -0.3 is 15.5 Å². The highest BCUT2D eigenvalue weighted by Gasteiger charge is 2.12. The maximum Gasteiger partial charge on any atom is 0.0806 e. The van der Waals surface area contributed by atoms with Crippen LogP contribution in [0.3, 0.4) is 0 Å². The Labute approximate surface area is 154 Å². The molecule has 0 unspecified atom stereocenters. The summed E-state index contributed by atoms with van der Waals surface area (Å²) < 4.78 is 0. The highest BCUT2D eigenvalue weighted by molar-refractivity contribution is 6.01. The van der Waals surface area contributed by atoms with Gasteiger partial charge in [0.2, 0.25) is 0 Å². The lowest BCUT2D eigenvalue weighted by Gasteiger charge is -2.24. The lowest BCUT2D eigenvalue weighted by molar-refractivity contribution is 0.390. The zero-order valence-electron chi connectivity index (χ0n) is 17.0. The van der Waals surface area contributed by atoms with Gasteiger partial charge in [-0.15, -0.1) is 0 Å². The first-order chi connectivity index (χ1) is 11.9. The molecule has 0 aromatic heterocycles. The van der Waals surface area contributed by atoms with E-state index in [2.05, 4.69) is 53.2 Å². The number of hydrogen-bond donors (Lipinski definition) is 1. The molecule has 0 saturated heterocycles. The second-order valence-electron chi connectivity index (χ2n) is 7.03. The van der Waals surface area contributed by atoms with Crippen molar-refractivity contribution in [2.75, 3.05) is 39.6 Å². The lowest BCUT2D eigenvalue weighted by Crippen LogP contribution is -2.25. The van der Waals surface area contributed by atoms with Crippen LogP contribution in [0.5, 0.6) is 0 Å². The summed E-state index contributed by atoms with van der Waals surface area (Å²) in [6, 6.07) is 8.81. The Morgan fingerprint density at radius 3 is 2.08 bits per heavy atom. The molecule has 25 heavy (non-hydrogen) atoms. The maximum atomic E-state index is 6.06. The van der Waals surface area contributed by atoms with Crippen molar-refractivity contribution in [2.45, 2.75) is 46.0 Å². The molecule has 0 aliphatic carbocycles. The molecule has 4 heteroatoms. The van der Waals surface area contributed by atoms with Crippen LogP contribution in [-0.2, 0) is 6.42 Å². The molecule has 0 radical (unpaired) electrons. The van der Waals surface area contributed by atoms with Crippen LogP contribution >= 0.6 is 0 Å². The minimum atomic E-state index is 0.785. The number of benzene rings is 1. The Morgan fingerprint density at radius 2 is 1.56 bits per heavy atom. The van der Waals surface area contributed by atoms with Gasteiger partial charge in [0.25, 0.3) is 0 Å². The number of rotatable bonds is 10. The summed E-state index contributed by atoms with van der Waals surface area (Å²) in [5.41, 5.74) is 11.3. The van der Waals surface area contributed by atoms with Gasteiger partial charge in [-0.25, -0.2) is 0 Å². The number of nitrogens with two attached hydrogens (primary N) is 1. The van der Waals surface area contributed by atoms with Gasteiger partial charge in [-0.3, -0.25) is 4.99 Å². The van der Waals surface area contributed by atoms with E-state index in [4.69, 9.17) is 5.73 Å². The van der Waals surface area contributed by atoms with Crippen molar-refractivity contribution in [2.24, 2.45) is 10.7 Å². The lowest BCUT2D eigenvalue weighted by atomic mass is 10.1. The maximum absolute atomic E-state index is 6.06. The smallest absolute Gasteiger partial charge is 0.0806 e. The van der Waals surface area contributed by atoms with Gasteiger partial charge in [0.15, 0.2) is 0 Å². The summed E-state index contributed by atoms with van der Waals surface area (Å²) in [6.07, 6.45) is 6.33. The van der Waals surface area contributed by atoms with E-state index in [1.165, 1.54) is 37.8 Å². The molecule has 0 amide bonds. The van der Waals surface area contributed by atoms with E-state index >= 15 is 0 Å². The molecule has 1 aromatic carbocycles. The average molecular weight is 345 g/mol. The Balaban J connectivity index is 2.57. The molecule has 1 aromatic rings. The number of hydrogen-bond acceptors (Lipinski definition) is 4. The van der Waals surface area contributed by atoms with Crippen LogP contribution in [-0.4, -0.2) is 45.3 Å². The molecular weight excluding hydrogens is 308 g/mol. The fourth-order valence-corrected chi connectivity index (χ4v) is 3.02. The third kappa shape index (κ3) is 7.30. The topological polar surface area (TPSA) is 44.9 Å². The molecule has 0 spiro atoms. The normalized spacial score (nSPS) is 13.2. The van der Waals surface area contributed by atoms with E-state index in [0.717, 1.165) is 29.2 Å². The first-order valence-corrected chi connectivity index (χ1v) is 9.24. The number of nitrogens with zero attached hydrogens (tertiary/aromatic N) is 3. The van der Waals surface area contributed by atoms with Crippen molar-refractivity contribution in [3.05, 3.63) is 41.2 Å². The summed E-state index contributed by atoms with van der Waals surface area (Å²) >= 11 is 0. The fraction of sp³-hybridized carbons (Fsp3) is 0.571. The zero-order valence-corrected chi connectivity index (χ0v) is 17.0. The molecule has 2 N–H and O–H groups in total. The van der Waals surface area contributed by atoms with Crippen molar-refractivity contribution in [1.29, 1.82) is 0 Å². The van der Waals surface area contributed by atoms with E-state index in [1.807, 2.05) is 20.9 Å². The standard InChI is InChI=1S/C21H36N4/c1-17(22)21(18(2)23-3)25(6)20-14-12-19(13-15-20)11-9-7-8-10-16-24(4)5/h12-15H,7-11,16,22H2,1-6H3. The Bertz CT molecular complexity index is 566. The molecule has 4 nitrogen and oxygen atoms in total. The second-order valence-corrected chi connectivity index (χ2v) is 7.03. The summed E-state index contributed by atoms with van der Waals surface area (Å²) in [4.78, 5) is 8.65. The highest BCUT2D eigenvalue weighted by Crippen LogP contribution is 2.21. The van der Waals surface area contributed by atoms with Crippen LogP contribution in [0.2, 0.25) is 0 Å². The Morgan fingerprint density at radius 1 is 0.960 bits per heavy atom. The van der Waals surface area contributed by atoms with E-state index in [-0.39, 0.29) is 0 Å². The molecule has 140 valence electrons. The zero-order chi connectivity index (χ0) is 18.8. The summed E-state index contributed by atoms with van der Waals surface area (Å²) in [6.45, 7) is 5.11. The van der Waals surface area contributed by atoms with Crippen LogP contribution in [0.1, 0.15) is 45.1 Å². The molecule has 1 rings (SSSR count). The predicted octanol–water partition coefficient (Wildman–Crippen LogP) is 4.07. The van der Waals surface area contributed by atoms with E-state index in [1.54, 1.807) is 7.05 Å². The first-order valence-electron chi connectivity index (χ1n) is 9.24. The third-order valence-electron chi connectivity index (χ3n) is 4.53. The monoisotopic (exact) mass is 344 g/mol. The van der Waals surface area contributed by atoms with Crippen LogP contribution in [0.15, 0.2) is 40.7 Å². The van der Waals surface area contributed by atoms with Crippen molar-refractivity contribution >= 4 is 11.4 Å². The Kier molecular flexibility index (Phi) is 9.28. The third-order valence-corrected chi connectivity index (χ3v) is 4.53. The van der Waals surface area contributed by atoms with Crippen LogP contribution < -0.4 is 10.6 Å². The van der Waals surface area contributed by atoms with Gasteiger partial charge in [-0.2, -0.15) is 0 Å². The largest absolute Gasteiger partial charge is 0.401 e. The number of allylic oxidation sites excluding steroid dienone is 2. The number of aryl methyl sites for hydroxylation is 1. The molecular formula is C21H36N4. The van der Waals surface area contributed by atoms with Gasteiger partial charge in [0.05, 0.1) is 11.4 Å². The quantitative estimate of drug-likeness (QED) is 0.514. The molecule has 0 atom stereocenters. The molecule has 0 bridgehead atoms. The molecule has 0 saturated carbocycles. The van der Waals surface area contributed by atoms with Gasteiger partial charge in [0, 0.05) is 25.5 Å². The van der Waals surface area contributed by atoms with Crippen LogP contribution in [0.4, 0.5) is 5.69 Å². The van der Waals surface area contributed by atoms with E-state index in [9.17, 15) is 0 Å². The minimum Gasteiger partial charge on any atom is -0.401 e. The van der Waals surface area contributed by atoms with Crippen molar-refractivity contribution in [3.8, 4) is 0 Å². The summed E-state index contributed by atoms with van der Waals surface area (Å²) in [7, 11) is 8.12. The Hall–Kier alpha value is -1.81. The summed E-state index contributed by atoms with van der Waals surface area (Å²) in [5.74, 6) is 0. The number of unbranched alkanes of at least 4 members (excludes halogenated alkanes) is 3. The predicted molar refractivity (Wildman–Crippen MR) is 111 cm³/mol. The second kappa shape index (κ2) is 10.9. The van der Waals surface area contributed by atoms with Gasteiger partial charge >= 0.3 is 0 Å². The van der Waals surface area contributed by atoms with Gasteiger partial charge in [-0.05, 0) is 71.4 Å². The molecule has 0 heterocycles. The van der Waals surface area contributed by atoms with E-state index < -0.39 is 0 Å². The minimum absolute atomic E-state index is 0.785. The van der Waals surface area contributed by atoms with Crippen molar-refractivity contribution < 1.29 is 0 Å². The first kappa shape index (κ1) is 21.2. The SMILES string of the molecule is CN=C(C)C(=C(C)N)N(C)c1ccc(CCCCCCN(C)C)cc1. The summed E-state index contributed by atoms with van der Waals surface area (Å²) in [5, 5.41) is 0. The fourth-order valence-electron chi connectivity index (χ4n) is 3.02. The van der Waals surface area contributed by atoms with Gasteiger partial charge in [-0.1, -0.05) is 25.0 Å². The van der Waals surface area contributed by atoms with Crippen molar-refractivity contribution in [3.63, 3.8) is 0 Å². The van der Waals surface area contributed by atoms with Crippen LogP contribution in [0.25, 0.3) is 0 Å². The van der Waals surface area contributed by atoms with Gasteiger partial charge in [0.1, 0.15) is 0 Å². The van der Waals surface area contributed by atoms with Crippen molar-refractivity contribution in [1.82, 2.24) is 4.90 Å². The van der Waals surface area contributed by atoms with E-state index in [0.29, 0.717) is 0 Å². The number of aliphatic imine (C=N–C) groups is 1. The number of anilines is 1. The average Bonchev–Trinajstić information content (AvgIpc) is 2.57. The molecule has 0 aliphatic heterocycles. The molecule has 0 fully saturated rings. The molecule has 0 aliphatic rings. The highest BCUT2D eigenvalue weighted by atomic mass is 15.1.